The van der Waals surface area contributed by atoms with Crippen molar-refractivity contribution < 1.29 is 13.5 Å². The maximum Gasteiger partial charge on any atom is 0.242 e. The second-order valence-electron chi connectivity index (χ2n) is 4.12. The van der Waals surface area contributed by atoms with E-state index in [4.69, 9.17) is 5.11 Å². The fourth-order valence-corrected chi connectivity index (χ4v) is 3.84. The summed E-state index contributed by atoms with van der Waals surface area (Å²) in [6, 6.07) is 1.43. The molecule has 104 valence electrons. The van der Waals surface area contributed by atoms with Crippen LogP contribution >= 0.6 is 11.8 Å². The summed E-state index contributed by atoms with van der Waals surface area (Å²) in [5.41, 5.74) is 0.577. The van der Waals surface area contributed by atoms with Crippen molar-refractivity contribution in [3.8, 4) is 0 Å². The second kappa shape index (κ2) is 6.60. The maximum atomic E-state index is 12.1. The van der Waals surface area contributed by atoms with Crippen LogP contribution in [0.1, 0.15) is 19.0 Å². The van der Waals surface area contributed by atoms with Crippen LogP contribution in [0.25, 0.3) is 0 Å². The number of aromatic nitrogens is 1. The minimum atomic E-state index is -3.50. The number of aryl methyl sites for hydroxylation is 1. The number of thioether (sulfide) groups is 1. The van der Waals surface area contributed by atoms with Crippen LogP contribution in [0.4, 0.5) is 0 Å². The Hall–Kier alpha value is -0.500. The Morgan fingerprint density at radius 3 is 2.67 bits per heavy atom. The van der Waals surface area contributed by atoms with Crippen LogP contribution in [0.5, 0.6) is 0 Å². The average molecular weight is 292 g/mol. The van der Waals surface area contributed by atoms with Gasteiger partial charge in [0.1, 0.15) is 0 Å². The van der Waals surface area contributed by atoms with Crippen LogP contribution in [-0.2, 0) is 23.7 Å². The first kappa shape index (κ1) is 15.6. The highest BCUT2D eigenvalue weighted by molar-refractivity contribution is 7.98. The van der Waals surface area contributed by atoms with Crippen molar-refractivity contribution in [3.63, 3.8) is 0 Å². The highest BCUT2D eigenvalue weighted by atomic mass is 32.2. The van der Waals surface area contributed by atoms with Crippen LogP contribution in [0.15, 0.2) is 17.2 Å². The summed E-state index contributed by atoms with van der Waals surface area (Å²) in [7, 11) is -1.79. The monoisotopic (exact) mass is 292 g/mol. The first-order valence-corrected chi connectivity index (χ1v) is 8.59. The molecular weight excluding hydrogens is 272 g/mol. The third-order valence-corrected chi connectivity index (χ3v) is 4.96. The van der Waals surface area contributed by atoms with Crippen molar-refractivity contribution in [2.45, 2.75) is 30.9 Å². The standard InChI is InChI=1S/C11H20N2O3S2/c1-4-9(8-17-3)12-18(15,16)11-5-10(7-14)13(2)6-11/h5-6,9,12,14H,4,7-8H2,1-3H3. The fourth-order valence-electron chi connectivity index (χ4n) is 1.61. The summed E-state index contributed by atoms with van der Waals surface area (Å²) in [5.74, 6) is 0.745. The van der Waals surface area contributed by atoms with Gasteiger partial charge in [0.25, 0.3) is 0 Å². The van der Waals surface area contributed by atoms with Crippen molar-refractivity contribution in [2.24, 2.45) is 7.05 Å². The maximum absolute atomic E-state index is 12.1. The minimum Gasteiger partial charge on any atom is -0.390 e. The highest BCUT2D eigenvalue weighted by Crippen LogP contribution is 2.15. The van der Waals surface area contributed by atoms with Gasteiger partial charge in [0, 0.05) is 30.7 Å². The fraction of sp³-hybridized carbons (Fsp3) is 0.636. The van der Waals surface area contributed by atoms with Crippen LogP contribution in [-0.4, -0.2) is 36.1 Å². The van der Waals surface area contributed by atoms with Gasteiger partial charge in [-0.25, -0.2) is 13.1 Å². The molecule has 0 radical (unpaired) electrons. The second-order valence-corrected chi connectivity index (χ2v) is 6.74. The zero-order valence-corrected chi connectivity index (χ0v) is 12.5. The molecule has 0 aliphatic heterocycles. The molecule has 0 aliphatic carbocycles. The van der Waals surface area contributed by atoms with Crippen LogP contribution in [0.2, 0.25) is 0 Å². The smallest absolute Gasteiger partial charge is 0.242 e. The lowest BCUT2D eigenvalue weighted by molar-refractivity contribution is 0.272. The van der Waals surface area contributed by atoms with E-state index in [9.17, 15) is 8.42 Å². The van der Waals surface area contributed by atoms with Gasteiger partial charge in [-0.1, -0.05) is 6.92 Å². The largest absolute Gasteiger partial charge is 0.390 e. The molecule has 1 heterocycles. The van der Waals surface area contributed by atoms with Crippen molar-refractivity contribution in [2.75, 3.05) is 12.0 Å². The Morgan fingerprint density at radius 1 is 1.56 bits per heavy atom. The van der Waals surface area contributed by atoms with Crippen molar-refractivity contribution >= 4 is 21.8 Å². The van der Waals surface area contributed by atoms with Gasteiger partial charge in [0.05, 0.1) is 11.5 Å². The van der Waals surface area contributed by atoms with Gasteiger partial charge in [-0.2, -0.15) is 11.8 Å². The predicted molar refractivity (Wildman–Crippen MR) is 74.1 cm³/mol. The SMILES string of the molecule is CCC(CSC)NS(=O)(=O)c1cc(CO)n(C)c1. The van der Waals surface area contributed by atoms with Crippen LogP contribution in [0.3, 0.4) is 0 Å². The summed E-state index contributed by atoms with van der Waals surface area (Å²) in [6.07, 6.45) is 4.21. The molecule has 0 saturated carbocycles. The summed E-state index contributed by atoms with van der Waals surface area (Å²) in [4.78, 5) is 0.202. The number of aliphatic hydroxyl groups is 1. The summed E-state index contributed by atoms with van der Waals surface area (Å²) in [5, 5.41) is 9.07. The molecule has 2 N–H and O–H groups in total. The third-order valence-electron chi connectivity index (χ3n) is 2.74. The van der Waals surface area contributed by atoms with E-state index in [2.05, 4.69) is 4.72 Å². The molecule has 0 spiro atoms. The number of hydrogen-bond acceptors (Lipinski definition) is 4. The predicted octanol–water partition coefficient (Wildman–Crippen LogP) is 0.937. The van der Waals surface area contributed by atoms with Crippen molar-refractivity contribution in [1.82, 2.24) is 9.29 Å². The lowest BCUT2D eigenvalue weighted by atomic mass is 10.3. The van der Waals surface area contributed by atoms with E-state index in [0.717, 1.165) is 12.2 Å². The normalized spacial score (nSPS) is 13.8. The molecule has 0 bridgehead atoms. The Bertz CT molecular complexity index is 482. The molecular formula is C11H20N2O3S2. The molecule has 1 rings (SSSR count). The van der Waals surface area contributed by atoms with Crippen LogP contribution in [0, 0.1) is 0 Å². The highest BCUT2D eigenvalue weighted by Gasteiger charge is 2.20. The lowest BCUT2D eigenvalue weighted by Gasteiger charge is -2.15. The molecule has 0 fully saturated rings. The van der Waals surface area contributed by atoms with Gasteiger partial charge in [-0.05, 0) is 18.7 Å². The van der Waals surface area contributed by atoms with Gasteiger partial charge in [0.15, 0.2) is 0 Å². The molecule has 5 nitrogen and oxygen atoms in total. The first-order chi connectivity index (χ1) is 8.44. The van der Waals surface area contributed by atoms with Gasteiger partial charge in [-0.15, -0.1) is 0 Å². The third kappa shape index (κ3) is 3.74. The van der Waals surface area contributed by atoms with Gasteiger partial charge in [-0.3, -0.25) is 0 Å². The molecule has 1 aromatic heterocycles. The van der Waals surface area contributed by atoms with E-state index >= 15 is 0 Å². The Morgan fingerprint density at radius 2 is 2.22 bits per heavy atom. The molecule has 18 heavy (non-hydrogen) atoms. The number of hydrogen-bond donors (Lipinski definition) is 2. The molecule has 0 aromatic carbocycles. The van der Waals surface area contributed by atoms with E-state index in [0.29, 0.717) is 5.69 Å². The van der Waals surface area contributed by atoms with E-state index in [1.165, 1.54) is 12.3 Å². The van der Waals surface area contributed by atoms with Gasteiger partial charge < -0.3 is 9.67 Å². The first-order valence-electron chi connectivity index (χ1n) is 5.72. The van der Waals surface area contributed by atoms with Gasteiger partial charge >= 0.3 is 0 Å². The number of nitrogens with zero attached hydrogens (tertiary/aromatic N) is 1. The molecule has 0 aliphatic rings. The minimum absolute atomic E-state index is 0.0669. The zero-order chi connectivity index (χ0) is 13.8. The van der Waals surface area contributed by atoms with Crippen molar-refractivity contribution in [3.05, 3.63) is 18.0 Å². The Balaban J connectivity index is 2.91. The average Bonchev–Trinajstić information content (AvgIpc) is 2.70. The molecule has 7 heteroatoms. The van der Waals surface area contributed by atoms with Crippen molar-refractivity contribution in [1.29, 1.82) is 0 Å². The molecule has 1 unspecified atom stereocenters. The van der Waals surface area contributed by atoms with E-state index in [1.807, 2.05) is 13.2 Å². The number of rotatable bonds is 7. The Kier molecular flexibility index (Phi) is 5.71. The summed E-state index contributed by atoms with van der Waals surface area (Å²) in [6.45, 7) is 1.78. The molecule has 0 saturated heterocycles. The number of nitrogens with one attached hydrogen (secondary N) is 1. The van der Waals surface area contributed by atoms with Gasteiger partial charge in [0.2, 0.25) is 10.0 Å². The van der Waals surface area contributed by atoms with Crippen LogP contribution < -0.4 is 4.72 Å². The topological polar surface area (TPSA) is 71.3 Å². The molecule has 1 aromatic rings. The lowest BCUT2D eigenvalue weighted by Crippen LogP contribution is -2.35. The zero-order valence-electron chi connectivity index (χ0n) is 10.9. The number of sulfonamides is 1. The van der Waals surface area contributed by atoms with E-state index in [-0.39, 0.29) is 17.5 Å². The number of aliphatic hydroxyl groups excluding tert-OH is 1. The summed E-state index contributed by atoms with van der Waals surface area (Å²) >= 11 is 1.61. The van der Waals surface area contributed by atoms with E-state index in [1.54, 1.807) is 23.4 Å². The molecule has 1 atom stereocenters. The summed E-state index contributed by atoms with van der Waals surface area (Å²) < 4.78 is 28.6. The van der Waals surface area contributed by atoms with E-state index < -0.39 is 10.0 Å². The quantitative estimate of drug-likeness (QED) is 0.784. The molecule has 0 amide bonds. The Labute approximate surface area is 113 Å².